The maximum atomic E-state index is 15.5. The summed E-state index contributed by atoms with van der Waals surface area (Å²) in [5.41, 5.74) is 8.83. The van der Waals surface area contributed by atoms with Crippen molar-refractivity contribution in [3.8, 4) is 17.2 Å². The Morgan fingerprint density at radius 1 is 0.504 bits per heavy atom. The van der Waals surface area contributed by atoms with Crippen LogP contribution in [0.3, 0.4) is 0 Å². The van der Waals surface area contributed by atoms with Gasteiger partial charge in [0.1, 0.15) is 90.3 Å². The Kier molecular flexibility index (Phi) is 35.7. The predicted molar refractivity (Wildman–Crippen MR) is 478 cm³/mol. The molecule has 3 heterocycles. The molecular formula is C92H114N16O20S. The summed E-state index contributed by atoms with van der Waals surface area (Å²) in [5.74, 6) is -18.2. The number of amides is 15. The Morgan fingerprint density at radius 3 is 1.64 bits per heavy atom. The highest BCUT2D eigenvalue weighted by Gasteiger charge is 2.44. The molecule has 15 amide bonds. The molecule has 1 fully saturated rings. The van der Waals surface area contributed by atoms with Crippen molar-refractivity contribution in [2.45, 2.75) is 172 Å². The summed E-state index contributed by atoms with van der Waals surface area (Å²) in [6.45, 7) is 5.98. The van der Waals surface area contributed by atoms with E-state index in [0.717, 1.165) is 36.3 Å². The smallest absolute Gasteiger partial charge is 0.305 e. The van der Waals surface area contributed by atoms with Crippen molar-refractivity contribution in [1.29, 1.82) is 0 Å². The molecule has 2 aliphatic rings. The number of primary amides is 1. The monoisotopic (exact) mass is 1790 g/mol. The lowest BCUT2D eigenvalue weighted by molar-refractivity contribution is -0.151. The molecule has 129 heavy (non-hydrogen) atoms. The molecule has 6 aromatic carbocycles. The number of carbonyl (C=O) groups excluding carboxylic acids is 15. The number of rotatable bonds is 21. The summed E-state index contributed by atoms with van der Waals surface area (Å²) in [6.07, 6.45) is -0.120. The number of nitrogens with zero attached hydrogens (tertiary/aromatic N) is 5. The molecule has 0 spiro atoms. The third kappa shape index (κ3) is 28.1. The number of carboxylic acid groups (broad SMARTS) is 1. The van der Waals surface area contributed by atoms with Crippen LogP contribution in [-0.2, 0) is 115 Å². The first-order chi connectivity index (χ1) is 61.4. The Morgan fingerprint density at radius 2 is 1.02 bits per heavy atom. The molecule has 0 aliphatic carbocycles. The molecule has 7 aromatic rings. The van der Waals surface area contributed by atoms with Gasteiger partial charge in [-0.05, 0) is 94.5 Å². The van der Waals surface area contributed by atoms with Crippen molar-refractivity contribution >= 4 is 123 Å². The summed E-state index contributed by atoms with van der Waals surface area (Å²) in [6, 6.07) is 22.3. The third-order valence-corrected chi connectivity index (χ3v) is 23.4. The molecule has 1 aromatic heterocycles. The van der Waals surface area contributed by atoms with Gasteiger partial charge in [-0.1, -0.05) is 157 Å². The van der Waals surface area contributed by atoms with Gasteiger partial charge in [-0.3, -0.25) is 76.7 Å². The summed E-state index contributed by atoms with van der Waals surface area (Å²) in [5, 5.41) is 66.4. The van der Waals surface area contributed by atoms with Gasteiger partial charge in [0.05, 0.1) is 31.0 Å². The molecule has 0 saturated carbocycles. The number of hydrogen-bond donors (Lipinski definition) is 15. The second-order valence-corrected chi connectivity index (χ2v) is 34.1. The number of aromatic nitrogens is 1. The fourth-order valence-corrected chi connectivity index (χ4v) is 16.2. The van der Waals surface area contributed by atoms with Crippen LogP contribution in [0, 0.1) is 11.8 Å². The van der Waals surface area contributed by atoms with Crippen LogP contribution in [0.15, 0.2) is 158 Å². The molecule has 2 aliphatic heterocycles. The maximum Gasteiger partial charge on any atom is 0.305 e. The molecular weight excluding hydrogens is 1680 g/mol. The number of anilines is 1. The van der Waals surface area contributed by atoms with E-state index in [1.807, 2.05) is 6.92 Å². The number of hydrogen-bond acceptors (Lipinski definition) is 20. The van der Waals surface area contributed by atoms with E-state index in [1.54, 1.807) is 105 Å². The standard InChI is InChI=1S/C92H114N16O20S/c1-10-11-26-72-90(126)104(6)48-77(113)97-68(45-80(116)117)86(122)103-81(53(4)5)92(128)106(8)74(40-57-29-34-61(110)35-30-57)87(123)101-70-42-58-31-36-62(111)44-73(58)108(89(70)125)49-78(114)96-67(43-59-46-94-64-25-19-18-24-63(59)64)85(121)100-66(38-56-27-32-60(109)33-28-56)84(120)99-65(37-52(2)3)83(119)102-71(82(118)95-47-76(93)112)50-129-51-79(115)98-69(39-54-20-14-12-15-21-54)88(124)107(9)75(91(127)105(72)7)41-55-22-16-13-17-23-55/h12-25,27-36,44,46,52-53,65-72,74-75,81,94,109-111H,10-11,26,37-43,45,47-51H2,1-9H3,(H2,93,112)(H,95,118)(H,96,114)(H,97,113)(H,98,115)(H,99,120)(H,100,121)(H,101,123)(H,102,119)(H,103,122)(H,116,117)/t65-,66-,67-,68-,69-,70-,71-,72-,74-,75-,81-/m0/s1. The van der Waals surface area contributed by atoms with Crippen LogP contribution in [0.1, 0.15) is 100 Å². The number of likely N-dealkylation sites (N-methyl/N-ethyl adjacent to an activating group) is 4. The average molecular weight is 1800 g/mol. The van der Waals surface area contributed by atoms with Gasteiger partial charge >= 0.3 is 5.97 Å². The zero-order valence-corrected chi connectivity index (χ0v) is 74.2. The van der Waals surface area contributed by atoms with E-state index >= 15 is 38.4 Å². The van der Waals surface area contributed by atoms with Crippen LogP contribution >= 0.6 is 11.8 Å². The Balaban J connectivity index is 1.12. The van der Waals surface area contributed by atoms with Gasteiger partial charge in [0.15, 0.2) is 0 Å². The number of unbranched alkanes of at least 4 members (excludes halogenated alkanes) is 1. The largest absolute Gasteiger partial charge is 0.508 e. The molecule has 11 atom stereocenters. The Bertz CT molecular complexity index is 5200. The Labute approximate surface area is 750 Å². The van der Waals surface area contributed by atoms with Crippen molar-refractivity contribution < 1.29 is 97.1 Å². The van der Waals surface area contributed by atoms with E-state index < -0.39 is 205 Å². The molecule has 37 heteroatoms. The van der Waals surface area contributed by atoms with Crippen molar-refractivity contribution in [1.82, 2.24) is 72.4 Å². The Hall–Kier alpha value is -13.9. The molecule has 0 radical (unpaired) electrons. The maximum absolute atomic E-state index is 15.5. The van der Waals surface area contributed by atoms with Gasteiger partial charge in [0.2, 0.25) is 88.6 Å². The average Bonchev–Trinajstić information content (AvgIpc) is 1.21. The fourth-order valence-electron chi connectivity index (χ4n) is 15.3. The molecule has 36 nitrogen and oxygen atoms in total. The second kappa shape index (κ2) is 46.6. The fraction of sp³-hybridized carbons (Fsp3) is 0.413. The number of phenols is 3. The van der Waals surface area contributed by atoms with Crippen LogP contribution in [0.5, 0.6) is 17.2 Å². The SMILES string of the molecule is CCCC[C@H]1C(=O)N(C)CC(=O)N[C@@H](CC(=O)O)C(=O)N[C@@H](C(C)C)C(=O)N(C)[C@@H](Cc2ccc(O)cc2)C(=O)N[C@H]2Cc3ccc(O)cc3N(CC(=O)N[C@@H](Cc3c[nH]c4ccccc34)C(=O)N[C@@H](Cc3ccc(O)cc3)C(=O)N[C@@H](CC(C)C)C(=O)N[C@H](C(=O)NCC(N)=O)CSCC(=O)N[C@@H](Cc3ccccc3)C(=O)N(C)[C@@H](Cc3ccccc3)C(=O)N1C)C2=O. The number of benzene rings is 6. The highest BCUT2D eigenvalue weighted by molar-refractivity contribution is 8.00. The highest BCUT2D eigenvalue weighted by atomic mass is 32.2. The van der Waals surface area contributed by atoms with E-state index in [1.165, 1.54) is 109 Å². The van der Waals surface area contributed by atoms with Crippen LogP contribution in [0.4, 0.5) is 5.69 Å². The van der Waals surface area contributed by atoms with Crippen molar-refractivity contribution in [2.24, 2.45) is 17.6 Å². The molecule has 16 N–H and O–H groups in total. The van der Waals surface area contributed by atoms with Crippen molar-refractivity contribution in [3.63, 3.8) is 0 Å². The number of fused-ring (bicyclic) bond motifs is 5. The topological polar surface area (TPSA) is 520 Å². The minimum absolute atomic E-state index is 0.0139. The number of carbonyl (C=O) groups is 16. The normalized spacial score (nSPS) is 22.1. The van der Waals surface area contributed by atoms with E-state index in [4.69, 9.17) is 5.73 Å². The predicted octanol–water partition coefficient (Wildman–Crippen LogP) is 1.92. The number of aliphatic carboxylic acids is 1. The van der Waals surface area contributed by atoms with Crippen LogP contribution in [0.25, 0.3) is 10.9 Å². The summed E-state index contributed by atoms with van der Waals surface area (Å²) >= 11 is 0.822. The zero-order valence-electron chi connectivity index (χ0n) is 73.4. The van der Waals surface area contributed by atoms with Crippen LogP contribution < -0.4 is 58.5 Å². The van der Waals surface area contributed by atoms with Gasteiger partial charge < -0.3 is 103 Å². The van der Waals surface area contributed by atoms with Crippen molar-refractivity contribution in [2.75, 3.05) is 64.2 Å². The number of nitrogens with two attached hydrogens (primary N) is 1. The number of H-pyrrole nitrogens is 1. The molecule has 688 valence electrons. The van der Waals surface area contributed by atoms with Crippen LogP contribution in [0.2, 0.25) is 0 Å². The van der Waals surface area contributed by atoms with E-state index in [0.29, 0.717) is 57.1 Å². The lowest BCUT2D eigenvalue weighted by Gasteiger charge is -2.37. The number of carboxylic acids is 1. The molecule has 0 unspecified atom stereocenters. The first kappa shape index (κ1) is 98.9. The molecule has 1 saturated heterocycles. The van der Waals surface area contributed by atoms with Crippen LogP contribution in [-0.4, -0.2) is 265 Å². The van der Waals surface area contributed by atoms with Gasteiger partial charge in [-0.15, -0.1) is 11.8 Å². The minimum atomic E-state index is -1.93. The number of thioether (sulfide) groups is 1. The quantitative estimate of drug-likeness (QED) is 0.0489. The number of nitrogens with one attached hydrogen (secondary N) is 10. The highest BCUT2D eigenvalue weighted by Crippen LogP contribution is 2.33. The van der Waals surface area contributed by atoms with E-state index in [-0.39, 0.29) is 80.2 Å². The third-order valence-electron chi connectivity index (χ3n) is 22.4. The lowest BCUT2D eigenvalue weighted by Crippen LogP contribution is -2.62. The molecule has 2 bridgehead atoms. The number of aromatic amines is 1. The summed E-state index contributed by atoms with van der Waals surface area (Å²) < 4.78 is 0. The van der Waals surface area contributed by atoms with Gasteiger partial charge in [-0.2, -0.15) is 0 Å². The minimum Gasteiger partial charge on any atom is -0.508 e. The van der Waals surface area contributed by atoms with E-state index in [2.05, 4.69) is 52.8 Å². The van der Waals surface area contributed by atoms with Crippen molar-refractivity contribution in [3.05, 3.63) is 191 Å². The first-order valence-electron chi connectivity index (χ1n) is 42.5. The number of aromatic hydroxyl groups is 3. The zero-order chi connectivity index (χ0) is 94.0. The summed E-state index contributed by atoms with van der Waals surface area (Å²) in [7, 11) is 5.21. The number of phenolic OH excluding ortho intramolecular Hbond substituents is 3. The second-order valence-electron chi connectivity index (χ2n) is 33.1. The first-order valence-corrected chi connectivity index (χ1v) is 43.6. The summed E-state index contributed by atoms with van der Waals surface area (Å²) in [4.78, 5) is 244. The van der Waals surface area contributed by atoms with E-state index in [9.17, 15) is 58.8 Å². The van der Waals surface area contributed by atoms with Gasteiger partial charge in [-0.25, -0.2) is 0 Å². The molecule has 9 rings (SSSR count). The number of para-hydroxylation sites is 1. The van der Waals surface area contributed by atoms with Gasteiger partial charge in [0.25, 0.3) is 0 Å². The lowest BCUT2D eigenvalue weighted by atomic mass is 9.95. The van der Waals surface area contributed by atoms with Gasteiger partial charge in [0, 0.05) is 95.6 Å².